The molecule has 0 aliphatic carbocycles. The van der Waals surface area contributed by atoms with Crippen LogP contribution in [0.25, 0.3) is 0 Å². The predicted octanol–water partition coefficient (Wildman–Crippen LogP) is 4.50. The molecule has 26 heavy (non-hydrogen) atoms. The maximum Gasteiger partial charge on any atom is 0.254 e. The molecule has 7 heteroatoms. The smallest absolute Gasteiger partial charge is 0.254 e. The Kier molecular flexibility index (Phi) is 6.87. The predicted molar refractivity (Wildman–Crippen MR) is 103 cm³/mol. The number of ether oxygens (including phenoxy) is 1. The quantitative estimate of drug-likeness (QED) is 0.824. The summed E-state index contributed by atoms with van der Waals surface area (Å²) in [5.41, 5.74) is 6.01. The van der Waals surface area contributed by atoms with Gasteiger partial charge in [-0.25, -0.2) is 4.39 Å². The van der Waals surface area contributed by atoms with Crippen LogP contribution in [0.1, 0.15) is 23.7 Å². The van der Waals surface area contributed by atoms with Crippen molar-refractivity contribution in [1.29, 1.82) is 0 Å². The topological polar surface area (TPSA) is 55.6 Å². The summed E-state index contributed by atoms with van der Waals surface area (Å²) in [6.07, 6.45) is 0.877. The summed E-state index contributed by atoms with van der Waals surface area (Å²) in [5.74, 6) is 0.0780. The van der Waals surface area contributed by atoms with Crippen molar-refractivity contribution in [1.82, 2.24) is 4.90 Å². The van der Waals surface area contributed by atoms with Crippen molar-refractivity contribution in [2.24, 2.45) is 11.7 Å². The van der Waals surface area contributed by atoms with Crippen molar-refractivity contribution in [3.05, 3.63) is 58.9 Å². The highest BCUT2D eigenvalue weighted by molar-refractivity contribution is 6.30. The van der Waals surface area contributed by atoms with Gasteiger partial charge in [-0.1, -0.05) is 11.6 Å². The lowest BCUT2D eigenvalue weighted by Gasteiger charge is -2.21. The van der Waals surface area contributed by atoms with E-state index >= 15 is 0 Å². The van der Waals surface area contributed by atoms with Crippen LogP contribution in [0.5, 0.6) is 11.5 Å². The molecule has 2 aromatic carbocycles. The molecule has 2 atom stereocenters. The fourth-order valence-electron chi connectivity index (χ4n) is 3.11. The van der Waals surface area contributed by atoms with Gasteiger partial charge in [0, 0.05) is 23.2 Å². The van der Waals surface area contributed by atoms with Crippen LogP contribution in [0, 0.1) is 11.7 Å². The van der Waals surface area contributed by atoms with Crippen LogP contribution in [-0.4, -0.2) is 29.9 Å². The molecule has 4 nitrogen and oxygen atoms in total. The zero-order valence-corrected chi connectivity index (χ0v) is 15.9. The van der Waals surface area contributed by atoms with E-state index < -0.39 is 5.82 Å². The molecule has 0 radical (unpaired) electrons. The van der Waals surface area contributed by atoms with Crippen molar-refractivity contribution < 1.29 is 13.9 Å². The Morgan fingerprint density at radius 2 is 2.00 bits per heavy atom. The standard InChI is InChI=1S/C19H20ClFN2O2.ClH/c1-12-8-13(10-22)11-23(12)19(24)14-2-7-18(17(21)9-14)25-16-5-3-15(20)4-6-16;/h2-7,9,12-13H,8,10-11,22H2,1H3;1H. The first-order valence-corrected chi connectivity index (χ1v) is 8.59. The van der Waals surface area contributed by atoms with Crippen LogP contribution in [0.15, 0.2) is 42.5 Å². The number of halogens is 3. The molecule has 0 bridgehead atoms. The van der Waals surface area contributed by atoms with Gasteiger partial charge in [0.2, 0.25) is 0 Å². The van der Waals surface area contributed by atoms with Gasteiger partial charge in [-0.2, -0.15) is 0 Å². The molecule has 1 saturated heterocycles. The van der Waals surface area contributed by atoms with E-state index in [0.717, 1.165) is 6.42 Å². The number of nitrogens with zero attached hydrogens (tertiary/aromatic N) is 1. The summed E-state index contributed by atoms with van der Waals surface area (Å²) in [7, 11) is 0. The maximum atomic E-state index is 14.4. The molecule has 2 N–H and O–H groups in total. The van der Waals surface area contributed by atoms with Gasteiger partial charge in [-0.05, 0) is 68.3 Å². The van der Waals surface area contributed by atoms with E-state index in [1.807, 2.05) is 6.92 Å². The lowest BCUT2D eigenvalue weighted by atomic mass is 10.1. The lowest BCUT2D eigenvalue weighted by molar-refractivity contribution is 0.0743. The molecule has 140 valence electrons. The molecule has 0 aromatic heterocycles. The first-order valence-electron chi connectivity index (χ1n) is 8.22. The molecule has 0 saturated carbocycles. The fourth-order valence-corrected chi connectivity index (χ4v) is 3.23. The molecule has 1 amide bonds. The van der Waals surface area contributed by atoms with E-state index in [-0.39, 0.29) is 30.1 Å². The van der Waals surface area contributed by atoms with E-state index in [9.17, 15) is 9.18 Å². The zero-order valence-electron chi connectivity index (χ0n) is 14.3. The van der Waals surface area contributed by atoms with Crippen LogP contribution >= 0.6 is 24.0 Å². The van der Waals surface area contributed by atoms with Crippen molar-refractivity contribution in [3.8, 4) is 11.5 Å². The van der Waals surface area contributed by atoms with E-state index in [2.05, 4.69) is 0 Å². The third kappa shape index (κ3) is 4.47. The summed E-state index contributed by atoms with van der Waals surface area (Å²) in [6.45, 7) is 3.15. The minimum Gasteiger partial charge on any atom is -0.454 e. The largest absolute Gasteiger partial charge is 0.454 e. The van der Waals surface area contributed by atoms with Crippen LogP contribution in [0.2, 0.25) is 5.02 Å². The number of rotatable bonds is 4. The average Bonchev–Trinajstić information content (AvgIpc) is 2.99. The van der Waals surface area contributed by atoms with Gasteiger partial charge in [0.1, 0.15) is 5.75 Å². The first-order chi connectivity index (χ1) is 12.0. The Balaban J connectivity index is 0.00000243. The Morgan fingerprint density at radius 1 is 1.31 bits per heavy atom. The van der Waals surface area contributed by atoms with Crippen LogP contribution in [0.4, 0.5) is 4.39 Å². The number of benzene rings is 2. The highest BCUT2D eigenvalue weighted by atomic mass is 35.5. The highest BCUT2D eigenvalue weighted by Gasteiger charge is 2.32. The van der Waals surface area contributed by atoms with E-state index in [0.29, 0.717) is 35.3 Å². The second-order valence-electron chi connectivity index (χ2n) is 6.35. The Labute approximate surface area is 163 Å². The van der Waals surface area contributed by atoms with Gasteiger partial charge in [0.15, 0.2) is 11.6 Å². The molecule has 1 fully saturated rings. The third-order valence-electron chi connectivity index (χ3n) is 4.48. The third-order valence-corrected chi connectivity index (χ3v) is 4.73. The second kappa shape index (κ2) is 8.71. The summed E-state index contributed by atoms with van der Waals surface area (Å²) in [6, 6.07) is 11.0. The van der Waals surface area contributed by atoms with Crippen LogP contribution in [-0.2, 0) is 0 Å². The number of nitrogens with two attached hydrogens (primary N) is 1. The van der Waals surface area contributed by atoms with E-state index in [1.54, 1.807) is 35.2 Å². The Bertz CT molecular complexity index is 771. The average molecular weight is 399 g/mol. The Morgan fingerprint density at radius 3 is 2.58 bits per heavy atom. The number of likely N-dealkylation sites (tertiary alicyclic amines) is 1. The number of hydrogen-bond acceptors (Lipinski definition) is 3. The van der Waals surface area contributed by atoms with Gasteiger partial charge in [-0.3, -0.25) is 4.79 Å². The molecule has 2 aromatic rings. The van der Waals surface area contributed by atoms with E-state index in [1.165, 1.54) is 12.1 Å². The van der Waals surface area contributed by atoms with Gasteiger partial charge < -0.3 is 15.4 Å². The Hall–Kier alpha value is -1.82. The number of hydrogen-bond donors (Lipinski definition) is 1. The maximum absolute atomic E-state index is 14.4. The van der Waals surface area contributed by atoms with Gasteiger partial charge >= 0.3 is 0 Å². The fraction of sp³-hybridized carbons (Fsp3) is 0.316. The molecule has 2 unspecified atom stereocenters. The van der Waals surface area contributed by atoms with Crippen molar-refractivity contribution in [2.45, 2.75) is 19.4 Å². The summed E-state index contributed by atoms with van der Waals surface area (Å²) >= 11 is 5.82. The molecular formula is C19H21Cl2FN2O2. The van der Waals surface area contributed by atoms with Crippen LogP contribution < -0.4 is 10.5 Å². The number of amides is 1. The van der Waals surface area contributed by atoms with E-state index in [4.69, 9.17) is 22.1 Å². The monoisotopic (exact) mass is 398 g/mol. The van der Waals surface area contributed by atoms with Crippen LogP contribution in [0.3, 0.4) is 0 Å². The van der Waals surface area contributed by atoms with Gasteiger partial charge in [0.25, 0.3) is 5.91 Å². The number of carbonyl (C=O) groups is 1. The second-order valence-corrected chi connectivity index (χ2v) is 6.78. The van der Waals surface area contributed by atoms with Gasteiger partial charge in [-0.15, -0.1) is 12.4 Å². The molecule has 1 aliphatic heterocycles. The first kappa shape index (κ1) is 20.5. The molecular weight excluding hydrogens is 378 g/mol. The summed E-state index contributed by atoms with van der Waals surface area (Å²) < 4.78 is 19.9. The molecule has 3 rings (SSSR count). The van der Waals surface area contributed by atoms with Crippen molar-refractivity contribution in [2.75, 3.05) is 13.1 Å². The van der Waals surface area contributed by atoms with Gasteiger partial charge in [0.05, 0.1) is 0 Å². The highest BCUT2D eigenvalue weighted by Crippen LogP contribution is 2.28. The lowest BCUT2D eigenvalue weighted by Crippen LogP contribution is -2.34. The summed E-state index contributed by atoms with van der Waals surface area (Å²) in [5, 5.41) is 0.573. The zero-order chi connectivity index (χ0) is 18.0. The molecule has 0 spiro atoms. The summed E-state index contributed by atoms with van der Waals surface area (Å²) in [4.78, 5) is 14.4. The molecule has 1 aliphatic rings. The minimum absolute atomic E-state index is 0. The number of carbonyl (C=O) groups excluding carboxylic acids is 1. The SMILES string of the molecule is CC1CC(CN)CN1C(=O)c1ccc(Oc2ccc(Cl)cc2)c(F)c1.Cl. The minimum atomic E-state index is -0.581. The van der Waals surface area contributed by atoms with Crippen molar-refractivity contribution >= 4 is 29.9 Å². The van der Waals surface area contributed by atoms with Crippen molar-refractivity contribution in [3.63, 3.8) is 0 Å². The molecule has 1 heterocycles. The normalized spacial score (nSPS) is 19.2.